The first-order valence-electron chi connectivity index (χ1n) is 10.7. The van der Waals surface area contributed by atoms with Crippen molar-refractivity contribution in [1.82, 2.24) is 20.3 Å². The molecule has 0 spiro atoms. The van der Waals surface area contributed by atoms with E-state index in [4.69, 9.17) is 9.94 Å². The minimum Gasteiger partial charge on any atom is -0.379 e. The van der Waals surface area contributed by atoms with Crippen LogP contribution in [0.2, 0.25) is 0 Å². The van der Waals surface area contributed by atoms with Crippen molar-refractivity contribution in [3.63, 3.8) is 0 Å². The van der Waals surface area contributed by atoms with E-state index in [2.05, 4.69) is 32.0 Å². The molecule has 4 rings (SSSR count). The zero-order valence-corrected chi connectivity index (χ0v) is 18.3. The predicted octanol–water partition coefficient (Wildman–Crippen LogP) is 2.54. The molecule has 3 aromatic rings. The number of ether oxygens (including phenoxy) is 1. The van der Waals surface area contributed by atoms with E-state index >= 15 is 0 Å². The Morgan fingerprint density at radius 3 is 2.45 bits per heavy atom. The molecule has 3 heterocycles. The molecule has 0 aliphatic carbocycles. The van der Waals surface area contributed by atoms with E-state index in [-0.39, 0.29) is 5.56 Å². The van der Waals surface area contributed by atoms with Crippen molar-refractivity contribution in [1.29, 1.82) is 0 Å². The fraction of sp³-hybridized carbons (Fsp3) is 0.240. The van der Waals surface area contributed by atoms with Crippen LogP contribution in [0.1, 0.15) is 27.2 Å². The molecular formula is C25H25N5O3. The Bertz CT molecular complexity index is 1160. The predicted molar refractivity (Wildman–Crippen MR) is 125 cm³/mol. The quantitative estimate of drug-likeness (QED) is 0.317. The van der Waals surface area contributed by atoms with Gasteiger partial charge in [0.05, 0.1) is 24.5 Å². The van der Waals surface area contributed by atoms with Crippen LogP contribution in [0.15, 0.2) is 54.9 Å². The van der Waals surface area contributed by atoms with E-state index in [1.54, 1.807) is 24.8 Å². The maximum absolute atomic E-state index is 11.7. The number of aromatic nitrogens is 2. The van der Waals surface area contributed by atoms with Crippen LogP contribution in [0.3, 0.4) is 0 Å². The molecule has 0 unspecified atom stereocenters. The fourth-order valence-electron chi connectivity index (χ4n) is 3.53. The van der Waals surface area contributed by atoms with E-state index in [0.717, 1.165) is 60.8 Å². The molecule has 8 nitrogen and oxygen atoms in total. The van der Waals surface area contributed by atoms with Crippen LogP contribution in [0.25, 0.3) is 11.1 Å². The van der Waals surface area contributed by atoms with Gasteiger partial charge in [0, 0.05) is 55.8 Å². The van der Waals surface area contributed by atoms with Crippen molar-refractivity contribution >= 4 is 11.7 Å². The van der Waals surface area contributed by atoms with Crippen molar-refractivity contribution in [2.24, 2.45) is 0 Å². The smallest absolute Gasteiger partial charge is 0.276 e. The molecular weight excluding hydrogens is 418 g/mol. The molecule has 1 aliphatic heterocycles. The highest BCUT2D eigenvalue weighted by Gasteiger charge is 2.12. The summed E-state index contributed by atoms with van der Waals surface area (Å²) < 4.78 is 5.38. The third kappa shape index (κ3) is 5.73. The summed E-state index contributed by atoms with van der Waals surface area (Å²) in [5.41, 5.74) is 6.26. The molecule has 2 aromatic heterocycles. The Kier molecular flexibility index (Phi) is 7.27. The summed E-state index contributed by atoms with van der Waals surface area (Å²) in [6, 6.07) is 13.4. The molecule has 168 valence electrons. The first-order valence-corrected chi connectivity index (χ1v) is 10.7. The standard InChI is InChI=1S/C25H25N5O3/c1-26-24-23(14-21(16-28-24)25(31)29-32)20-7-4-18(5-8-20)2-3-19-6-9-22(27-15-19)17-30-10-12-33-13-11-30/h4-9,14-16,32H,10-13,17H2,1H3,(H,26,28)(H,29,31). The molecule has 1 amide bonds. The Morgan fingerprint density at radius 2 is 1.79 bits per heavy atom. The lowest BCUT2D eigenvalue weighted by Crippen LogP contribution is -2.35. The van der Waals surface area contributed by atoms with Gasteiger partial charge in [-0.05, 0) is 35.9 Å². The van der Waals surface area contributed by atoms with Gasteiger partial charge in [-0.1, -0.05) is 24.0 Å². The molecule has 0 saturated carbocycles. The van der Waals surface area contributed by atoms with Crippen molar-refractivity contribution in [2.75, 3.05) is 38.7 Å². The van der Waals surface area contributed by atoms with Gasteiger partial charge in [-0.3, -0.25) is 19.9 Å². The van der Waals surface area contributed by atoms with Gasteiger partial charge >= 0.3 is 0 Å². The average Bonchev–Trinajstić information content (AvgIpc) is 2.88. The number of carbonyl (C=O) groups is 1. The van der Waals surface area contributed by atoms with Crippen LogP contribution < -0.4 is 10.8 Å². The number of benzene rings is 1. The summed E-state index contributed by atoms with van der Waals surface area (Å²) in [7, 11) is 1.76. The van der Waals surface area contributed by atoms with Gasteiger partial charge in [0.15, 0.2) is 0 Å². The average molecular weight is 444 g/mol. The lowest BCUT2D eigenvalue weighted by molar-refractivity contribution is 0.0336. The number of hydroxylamine groups is 1. The number of nitrogens with zero attached hydrogens (tertiary/aromatic N) is 3. The third-order valence-corrected chi connectivity index (χ3v) is 5.35. The van der Waals surface area contributed by atoms with Crippen LogP contribution in [-0.4, -0.2) is 59.3 Å². The number of amides is 1. The number of morpholine rings is 1. The molecule has 3 N–H and O–H groups in total. The normalized spacial score (nSPS) is 13.6. The molecule has 1 saturated heterocycles. The summed E-state index contributed by atoms with van der Waals surface area (Å²) >= 11 is 0. The highest BCUT2D eigenvalue weighted by atomic mass is 16.5. The van der Waals surface area contributed by atoms with Crippen molar-refractivity contribution in [3.8, 4) is 23.0 Å². The minimum absolute atomic E-state index is 0.264. The van der Waals surface area contributed by atoms with Crippen LogP contribution in [0.4, 0.5) is 5.82 Å². The van der Waals surface area contributed by atoms with Gasteiger partial charge < -0.3 is 10.1 Å². The Balaban J connectivity index is 1.46. The molecule has 8 heteroatoms. The molecule has 1 aromatic carbocycles. The van der Waals surface area contributed by atoms with Gasteiger partial charge in [0.25, 0.3) is 5.91 Å². The van der Waals surface area contributed by atoms with Gasteiger partial charge in [0.1, 0.15) is 5.82 Å². The number of pyridine rings is 2. The number of anilines is 1. The highest BCUT2D eigenvalue weighted by Crippen LogP contribution is 2.27. The molecule has 0 radical (unpaired) electrons. The number of carbonyl (C=O) groups excluding carboxylic acids is 1. The zero-order chi connectivity index (χ0) is 23.0. The van der Waals surface area contributed by atoms with E-state index in [9.17, 15) is 4.79 Å². The lowest BCUT2D eigenvalue weighted by Gasteiger charge is -2.26. The summed E-state index contributed by atoms with van der Waals surface area (Å²) in [5.74, 6) is 6.33. The van der Waals surface area contributed by atoms with Crippen molar-refractivity contribution in [3.05, 3.63) is 77.2 Å². The van der Waals surface area contributed by atoms with Crippen molar-refractivity contribution < 1.29 is 14.7 Å². The fourth-order valence-corrected chi connectivity index (χ4v) is 3.53. The number of rotatable bonds is 5. The number of hydrogen-bond acceptors (Lipinski definition) is 7. The van der Waals surface area contributed by atoms with E-state index < -0.39 is 5.91 Å². The Hall–Kier alpha value is -3.77. The topological polar surface area (TPSA) is 99.6 Å². The molecule has 0 atom stereocenters. The second kappa shape index (κ2) is 10.7. The monoisotopic (exact) mass is 443 g/mol. The van der Waals surface area contributed by atoms with Crippen LogP contribution in [0.5, 0.6) is 0 Å². The van der Waals surface area contributed by atoms with Gasteiger partial charge in [0.2, 0.25) is 0 Å². The van der Waals surface area contributed by atoms with Gasteiger partial charge in [-0.2, -0.15) is 0 Å². The minimum atomic E-state index is -0.613. The van der Waals surface area contributed by atoms with Gasteiger partial charge in [-0.15, -0.1) is 0 Å². The second-order valence-corrected chi connectivity index (χ2v) is 7.57. The second-order valence-electron chi connectivity index (χ2n) is 7.57. The van der Waals surface area contributed by atoms with Crippen LogP contribution in [-0.2, 0) is 11.3 Å². The molecule has 33 heavy (non-hydrogen) atoms. The van der Waals surface area contributed by atoms with Crippen LogP contribution in [0, 0.1) is 11.8 Å². The maximum Gasteiger partial charge on any atom is 0.276 e. The Morgan fingerprint density at radius 1 is 1.06 bits per heavy atom. The number of hydrogen-bond donors (Lipinski definition) is 3. The van der Waals surface area contributed by atoms with Crippen LogP contribution >= 0.6 is 0 Å². The third-order valence-electron chi connectivity index (χ3n) is 5.35. The highest BCUT2D eigenvalue weighted by molar-refractivity contribution is 5.95. The lowest BCUT2D eigenvalue weighted by atomic mass is 10.0. The molecule has 0 bridgehead atoms. The molecule has 1 fully saturated rings. The van der Waals surface area contributed by atoms with E-state index in [1.165, 1.54) is 6.20 Å². The van der Waals surface area contributed by atoms with Gasteiger partial charge in [-0.25, -0.2) is 10.5 Å². The first-order chi connectivity index (χ1) is 16.2. The largest absolute Gasteiger partial charge is 0.379 e. The van der Waals surface area contributed by atoms with E-state index in [0.29, 0.717) is 5.82 Å². The Labute approximate surface area is 192 Å². The SMILES string of the molecule is CNc1ncc(C(=O)NO)cc1-c1ccc(C#Cc2ccc(CN3CCOCC3)nc2)cc1. The summed E-state index contributed by atoms with van der Waals surface area (Å²) in [4.78, 5) is 22.9. The van der Waals surface area contributed by atoms with E-state index in [1.807, 2.05) is 36.4 Å². The summed E-state index contributed by atoms with van der Waals surface area (Å²) in [6.07, 6.45) is 3.21. The number of nitrogens with one attached hydrogen (secondary N) is 2. The first kappa shape index (κ1) is 22.4. The maximum atomic E-state index is 11.7. The zero-order valence-electron chi connectivity index (χ0n) is 18.3. The summed E-state index contributed by atoms with van der Waals surface area (Å²) in [6.45, 7) is 4.24. The van der Waals surface area contributed by atoms with Crippen molar-refractivity contribution in [2.45, 2.75) is 6.54 Å². The summed E-state index contributed by atoms with van der Waals surface area (Å²) in [5, 5.41) is 11.9. The molecule has 1 aliphatic rings.